The van der Waals surface area contributed by atoms with Gasteiger partial charge in [-0.1, -0.05) is 20.8 Å². The highest BCUT2D eigenvalue weighted by molar-refractivity contribution is 7.54. The number of fused-ring (bicyclic) bond motifs is 1. The van der Waals surface area contributed by atoms with E-state index in [-0.39, 0.29) is 18.6 Å². The number of benzene rings is 1. The molecule has 7 heteroatoms. The number of hydrogen-bond acceptors (Lipinski definition) is 6. The van der Waals surface area contributed by atoms with Gasteiger partial charge in [0.05, 0.1) is 13.2 Å². The number of nitrogens with one attached hydrogen (secondary N) is 1. The maximum absolute atomic E-state index is 14.1. The van der Waals surface area contributed by atoms with E-state index in [2.05, 4.69) is 31.1 Å². The first kappa shape index (κ1) is 23.8. The summed E-state index contributed by atoms with van der Waals surface area (Å²) in [5.41, 5.74) is 4.28. The Morgan fingerprint density at radius 3 is 2.23 bits per heavy atom. The molecule has 1 aromatic carbocycles. The second-order valence-corrected chi connectivity index (χ2v) is 11.0. The number of nitrogens with zero attached hydrogens (tertiary/aromatic N) is 1. The second kappa shape index (κ2) is 9.72. The molecule has 0 radical (unpaired) electrons. The number of hydrogen-bond donors (Lipinski definition) is 2. The first-order valence-electron chi connectivity index (χ1n) is 11.1. The van der Waals surface area contributed by atoms with Gasteiger partial charge < -0.3 is 19.5 Å². The Labute approximate surface area is 185 Å². The Kier molecular flexibility index (Phi) is 7.46. The number of phenols is 1. The molecule has 2 aromatic rings. The van der Waals surface area contributed by atoms with E-state index in [9.17, 15) is 9.67 Å². The molecule has 3 rings (SSSR count). The zero-order chi connectivity index (χ0) is 22.6. The van der Waals surface area contributed by atoms with Gasteiger partial charge in [0.1, 0.15) is 5.75 Å². The third kappa shape index (κ3) is 5.14. The molecule has 1 unspecified atom stereocenters. The fourth-order valence-corrected chi connectivity index (χ4v) is 6.22. The average Bonchev–Trinajstić information content (AvgIpc) is 2.73. The Morgan fingerprint density at radius 2 is 1.68 bits per heavy atom. The molecule has 6 nitrogen and oxygen atoms in total. The lowest BCUT2D eigenvalue weighted by Crippen LogP contribution is -2.22. The summed E-state index contributed by atoms with van der Waals surface area (Å²) < 4.78 is 25.7. The molecule has 0 saturated carbocycles. The molecule has 1 aliphatic rings. The summed E-state index contributed by atoms with van der Waals surface area (Å²) in [5.74, 6) is -0.320. The van der Waals surface area contributed by atoms with Crippen LogP contribution in [0.4, 0.5) is 5.69 Å². The SMILES string of the molecule is CCOP(=O)(OCC)C(Nc1ccncc1)c1cc(C(C)(C)C)c(O)c2c1CCCC2. The summed E-state index contributed by atoms with van der Waals surface area (Å²) in [4.78, 5) is 4.08. The topological polar surface area (TPSA) is 80.7 Å². The number of rotatable bonds is 8. The van der Waals surface area contributed by atoms with Crippen molar-refractivity contribution in [1.82, 2.24) is 4.98 Å². The van der Waals surface area contributed by atoms with E-state index in [1.165, 1.54) is 0 Å². The molecule has 0 aliphatic heterocycles. The van der Waals surface area contributed by atoms with Crippen LogP contribution in [-0.2, 0) is 31.9 Å². The highest BCUT2D eigenvalue weighted by Crippen LogP contribution is 2.62. The van der Waals surface area contributed by atoms with Crippen LogP contribution in [-0.4, -0.2) is 23.3 Å². The molecule has 1 atom stereocenters. The van der Waals surface area contributed by atoms with Gasteiger partial charge >= 0.3 is 7.60 Å². The Hall–Kier alpha value is -1.88. The van der Waals surface area contributed by atoms with Gasteiger partial charge in [-0.2, -0.15) is 0 Å². The Morgan fingerprint density at radius 1 is 1.10 bits per heavy atom. The third-order valence-electron chi connectivity index (χ3n) is 5.68. The quantitative estimate of drug-likeness (QED) is 0.461. The van der Waals surface area contributed by atoms with Crippen LogP contribution >= 0.6 is 7.60 Å². The highest BCUT2D eigenvalue weighted by Gasteiger charge is 2.40. The number of aromatic hydroxyl groups is 1. The second-order valence-electron chi connectivity index (χ2n) is 8.93. The lowest BCUT2D eigenvalue weighted by Gasteiger charge is -2.34. The van der Waals surface area contributed by atoms with Crippen LogP contribution in [0.25, 0.3) is 0 Å². The van der Waals surface area contributed by atoms with E-state index >= 15 is 0 Å². The van der Waals surface area contributed by atoms with Crippen molar-refractivity contribution in [2.75, 3.05) is 18.5 Å². The summed E-state index contributed by atoms with van der Waals surface area (Å²) in [6, 6.07) is 5.68. The first-order valence-corrected chi connectivity index (χ1v) is 12.8. The van der Waals surface area contributed by atoms with Gasteiger partial charge in [0.15, 0.2) is 5.78 Å². The van der Waals surface area contributed by atoms with Gasteiger partial charge in [-0.15, -0.1) is 0 Å². The number of aromatic nitrogens is 1. The van der Waals surface area contributed by atoms with Crippen molar-refractivity contribution in [2.45, 2.75) is 71.5 Å². The smallest absolute Gasteiger partial charge is 0.357 e. The monoisotopic (exact) mass is 446 g/mol. The molecular weight excluding hydrogens is 411 g/mol. The van der Waals surface area contributed by atoms with Crippen molar-refractivity contribution in [3.05, 3.63) is 52.8 Å². The van der Waals surface area contributed by atoms with Crippen molar-refractivity contribution in [2.24, 2.45) is 0 Å². The van der Waals surface area contributed by atoms with Crippen molar-refractivity contribution in [3.8, 4) is 5.75 Å². The molecule has 31 heavy (non-hydrogen) atoms. The van der Waals surface area contributed by atoms with Crippen molar-refractivity contribution >= 4 is 13.3 Å². The van der Waals surface area contributed by atoms with Gasteiger partial charge in [-0.25, -0.2) is 0 Å². The summed E-state index contributed by atoms with van der Waals surface area (Å²) in [5, 5.41) is 14.5. The van der Waals surface area contributed by atoms with Crippen molar-refractivity contribution < 1.29 is 18.7 Å². The van der Waals surface area contributed by atoms with Crippen molar-refractivity contribution in [1.29, 1.82) is 0 Å². The zero-order valence-electron chi connectivity index (χ0n) is 19.3. The van der Waals surface area contributed by atoms with E-state index in [4.69, 9.17) is 9.05 Å². The lowest BCUT2D eigenvalue weighted by molar-refractivity contribution is 0.214. The predicted molar refractivity (Wildman–Crippen MR) is 125 cm³/mol. The average molecular weight is 447 g/mol. The normalized spacial score (nSPS) is 15.4. The molecule has 0 saturated heterocycles. The predicted octanol–water partition coefficient (Wildman–Crippen LogP) is 6.34. The standard InChI is InChI=1S/C24H35N2O4P/c1-6-29-31(28,30-7-2)23(26-17-12-14-25-15-13-17)20-16-21(24(3,4)5)22(27)19-11-9-8-10-18(19)20/h12-16,23,27H,6-11H2,1-5H3,(H,25,26). The van der Waals surface area contributed by atoms with Gasteiger partial charge in [-0.05, 0) is 85.4 Å². The Balaban J connectivity index is 2.26. The van der Waals surface area contributed by atoms with E-state index < -0.39 is 13.4 Å². The van der Waals surface area contributed by atoms with Gasteiger partial charge in [0.25, 0.3) is 0 Å². The van der Waals surface area contributed by atoms with Crippen LogP contribution in [0, 0.1) is 0 Å². The molecule has 0 fully saturated rings. The van der Waals surface area contributed by atoms with Gasteiger partial charge in [0, 0.05) is 18.1 Å². The molecule has 0 amide bonds. The molecule has 2 N–H and O–H groups in total. The maximum atomic E-state index is 14.1. The largest absolute Gasteiger partial charge is 0.507 e. The third-order valence-corrected chi connectivity index (χ3v) is 7.95. The summed E-state index contributed by atoms with van der Waals surface area (Å²) in [6.45, 7) is 10.4. The maximum Gasteiger partial charge on any atom is 0.357 e. The van der Waals surface area contributed by atoms with Crippen LogP contribution in [0.15, 0.2) is 30.6 Å². The zero-order valence-corrected chi connectivity index (χ0v) is 20.2. The van der Waals surface area contributed by atoms with E-state index in [0.717, 1.165) is 53.6 Å². The van der Waals surface area contributed by atoms with E-state index in [1.807, 2.05) is 32.0 Å². The molecule has 0 bridgehead atoms. The minimum Gasteiger partial charge on any atom is -0.507 e. The van der Waals surface area contributed by atoms with Gasteiger partial charge in [-0.3, -0.25) is 9.55 Å². The number of anilines is 1. The Bertz CT molecular complexity index is 931. The lowest BCUT2D eigenvalue weighted by atomic mass is 9.78. The molecule has 1 aliphatic carbocycles. The minimum atomic E-state index is -3.56. The molecule has 1 heterocycles. The van der Waals surface area contributed by atoms with Crippen molar-refractivity contribution in [3.63, 3.8) is 0 Å². The van der Waals surface area contributed by atoms with E-state index in [0.29, 0.717) is 5.75 Å². The van der Waals surface area contributed by atoms with Gasteiger partial charge in [0.2, 0.25) is 0 Å². The highest BCUT2D eigenvalue weighted by atomic mass is 31.2. The first-order chi connectivity index (χ1) is 14.7. The minimum absolute atomic E-state index is 0.270. The molecule has 170 valence electrons. The molecular formula is C24H35N2O4P. The molecule has 0 spiro atoms. The van der Waals surface area contributed by atoms with Crippen LogP contribution in [0.1, 0.15) is 75.5 Å². The fourth-order valence-electron chi connectivity index (χ4n) is 4.25. The molecule has 1 aromatic heterocycles. The summed E-state index contributed by atoms with van der Waals surface area (Å²) in [6.07, 6.45) is 7.09. The summed E-state index contributed by atoms with van der Waals surface area (Å²) >= 11 is 0. The fraction of sp³-hybridized carbons (Fsp3) is 0.542. The van der Waals surface area contributed by atoms with E-state index in [1.54, 1.807) is 12.4 Å². The van der Waals surface area contributed by atoms with Crippen LogP contribution < -0.4 is 5.32 Å². The number of pyridine rings is 1. The summed E-state index contributed by atoms with van der Waals surface area (Å²) in [7, 11) is -3.56. The number of phenolic OH excluding ortho intramolecular Hbond substituents is 1. The van der Waals surface area contributed by atoms with Crippen LogP contribution in [0.3, 0.4) is 0 Å². The van der Waals surface area contributed by atoms with Crippen LogP contribution in [0.2, 0.25) is 0 Å². The van der Waals surface area contributed by atoms with Crippen LogP contribution in [0.5, 0.6) is 5.75 Å².